The highest BCUT2D eigenvalue weighted by Crippen LogP contribution is 2.43. The Morgan fingerprint density at radius 2 is 1.22 bits per heavy atom. The topological polar surface area (TPSA) is 292 Å². The van der Waals surface area contributed by atoms with Gasteiger partial charge >= 0.3 is 0 Å². The van der Waals surface area contributed by atoms with Crippen molar-refractivity contribution in [1.82, 2.24) is 25.8 Å². The Kier molecular flexibility index (Phi) is 22.9. The first-order chi connectivity index (χ1) is 44.3. The largest absolute Gasteiger partial charge is 0.398 e. The fourth-order valence-corrected chi connectivity index (χ4v) is 18.1. The number of morpholine rings is 3. The third kappa shape index (κ3) is 15.2. The van der Waals surface area contributed by atoms with Crippen LogP contribution in [0.15, 0.2) is 70.5 Å². The van der Waals surface area contributed by atoms with Gasteiger partial charge in [0.25, 0.3) is 31.9 Å². The number of fused-ring (bicyclic) bond motifs is 10. The molecule has 4 aromatic rings. The molecule has 6 N–H and O–H groups in total. The van der Waals surface area contributed by atoms with Gasteiger partial charge in [-0.2, -0.15) is 10.5 Å². The minimum absolute atomic E-state index is 0.0694. The average Bonchev–Trinajstić information content (AvgIpc) is 1.37. The van der Waals surface area contributed by atoms with Gasteiger partial charge in [0.2, 0.25) is 0 Å². The van der Waals surface area contributed by atoms with Crippen molar-refractivity contribution in [2.24, 2.45) is 0 Å². The molecule has 10 heterocycles. The highest BCUT2D eigenvalue weighted by atomic mass is 79.9. The molecule has 0 aliphatic carbocycles. The zero-order valence-electron chi connectivity index (χ0n) is 53.5. The van der Waals surface area contributed by atoms with E-state index in [1.165, 1.54) is 21.5 Å². The van der Waals surface area contributed by atoms with E-state index in [4.69, 9.17) is 34.2 Å². The number of nitrogen functional groups attached to an aromatic ring is 1. The van der Waals surface area contributed by atoms with E-state index in [1.54, 1.807) is 54.6 Å². The van der Waals surface area contributed by atoms with Crippen molar-refractivity contribution in [3.05, 3.63) is 105 Å². The summed E-state index contributed by atoms with van der Waals surface area (Å²) in [5.74, 6) is -0.767. The second kappa shape index (κ2) is 30.6. The lowest BCUT2D eigenvalue weighted by molar-refractivity contribution is -0.119. The van der Waals surface area contributed by atoms with Gasteiger partial charge in [0, 0.05) is 149 Å². The van der Waals surface area contributed by atoms with Gasteiger partial charge in [0.15, 0.2) is 6.29 Å². The standard InChI is InChI=1S/C26H29N5O4S.C19H18N4O3S.C10H19NO2.C6H13BrO2.C5H9NO/c1-16-13-29-26(32)21-3-2-4-24(25(16)21)36(33,34)31-7-5-20-22(9-17(12-27)10-23(20)31)28-6-8-30-14-19-11-18(30)15-35-19;1-11-10-22-19(24)14-3-2-4-17(18(11)14)27(25,26)23-6-5-13-15(21)7-12(9-20)8-16(13)23;1-3-12-8(2)5-11-6-10-4-9(11)7-13-10;1-3-8-6(5-7)9-4-2;1-4-3-7-5(1)2-6-4/h2-4,9-10,16,18-19,28H,5-8,11,13-15H2,1H3,(H,29,32);2-4,7-8,11H,5-6,10,21H2,1H3,(H,22,24);8-10H,3-7H2,1-2H3;6H,3-5H2,1-2H3;4-6H,1-3H2/t16?,18-,19-;;8?,9-,10-;;4-,5-/m1.1.1/s1. The lowest BCUT2D eigenvalue weighted by Crippen LogP contribution is -2.41. The van der Waals surface area contributed by atoms with Crippen molar-refractivity contribution in [3.8, 4) is 12.1 Å². The van der Waals surface area contributed by atoms with E-state index in [1.807, 2.05) is 39.8 Å². The fraction of sp³-hybridized carbons (Fsp3) is 0.576. The van der Waals surface area contributed by atoms with E-state index in [2.05, 4.69) is 66.9 Å². The maximum Gasteiger partial charge on any atom is 0.264 e. The van der Waals surface area contributed by atoms with E-state index < -0.39 is 20.0 Å². The van der Waals surface area contributed by atoms with Crippen molar-refractivity contribution in [1.29, 1.82) is 10.5 Å². The summed E-state index contributed by atoms with van der Waals surface area (Å²) in [6.45, 7) is 23.9. The molecule has 92 heavy (non-hydrogen) atoms. The van der Waals surface area contributed by atoms with Gasteiger partial charge in [-0.15, -0.1) is 0 Å². The molecule has 0 saturated carbocycles. The van der Waals surface area contributed by atoms with Crippen LogP contribution in [0.2, 0.25) is 0 Å². The summed E-state index contributed by atoms with van der Waals surface area (Å²) >= 11 is 3.27. The van der Waals surface area contributed by atoms with Gasteiger partial charge in [0.05, 0.1) is 94.0 Å². The van der Waals surface area contributed by atoms with Gasteiger partial charge in [-0.25, -0.2) is 16.8 Å². The van der Waals surface area contributed by atoms with Crippen LogP contribution in [0, 0.1) is 22.7 Å². The highest BCUT2D eigenvalue weighted by molar-refractivity contribution is 9.09. The van der Waals surface area contributed by atoms with Crippen LogP contribution in [-0.4, -0.2) is 198 Å². The predicted molar refractivity (Wildman–Crippen MR) is 354 cm³/mol. The Morgan fingerprint density at radius 1 is 0.696 bits per heavy atom. The number of alkyl halides is 1. The first kappa shape index (κ1) is 68.9. The minimum atomic E-state index is -3.94. The summed E-state index contributed by atoms with van der Waals surface area (Å²) in [5.41, 5.74) is 12.5. The number of ether oxygens (including phenoxy) is 6. The number of sulfonamides is 2. The van der Waals surface area contributed by atoms with Crippen molar-refractivity contribution in [2.75, 3.05) is 130 Å². The monoisotopic (exact) mass is 1370 g/mol. The maximum atomic E-state index is 14.0. The number of likely N-dealkylation sites (tertiary alicyclic amines) is 2. The third-order valence-electron chi connectivity index (χ3n) is 18.5. The van der Waals surface area contributed by atoms with Crippen molar-refractivity contribution in [3.63, 3.8) is 0 Å². The van der Waals surface area contributed by atoms with Gasteiger partial charge in [-0.3, -0.25) is 28.0 Å². The van der Waals surface area contributed by atoms with Crippen LogP contribution in [-0.2, 0) is 61.3 Å². The quantitative estimate of drug-likeness (QED) is 0.0447. The number of anilines is 4. The number of halogens is 1. The number of carbonyl (C=O) groups excluding carboxylic acids is 2. The number of nitrogens with two attached hydrogens (primary N) is 1. The Bertz CT molecular complexity index is 3600. The third-order valence-corrected chi connectivity index (χ3v) is 22.8. The van der Waals surface area contributed by atoms with E-state index >= 15 is 0 Å². The summed E-state index contributed by atoms with van der Waals surface area (Å²) in [5, 5.41) is 32.0. The van der Waals surface area contributed by atoms with Crippen molar-refractivity contribution < 1.29 is 54.8 Å². The number of nitriles is 2. The molecule has 6 saturated heterocycles. The number of amides is 2. The van der Waals surface area contributed by atoms with E-state index in [0.29, 0.717) is 145 Å². The zero-order valence-corrected chi connectivity index (χ0v) is 56.7. The number of nitrogens with one attached hydrogen (secondary N) is 4. The lowest BCUT2D eigenvalue weighted by Gasteiger charge is -2.28. The van der Waals surface area contributed by atoms with Gasteiger partial charge in [-0.1, -0.05) is 41.9 Å². The smallest absolute Gasteiger partial charge is 0.264 e. The van der Waals surface area contributed by atoms with Crippen molar-refractivity contribution >= 4 is 70.5 Å². The van der Waals surface area contributed by atoms with Crippen LogP contribution in [0.4, 0.5) is 22.7 Å². The van der Waals surface area contributed by atoms with Crippen LogP contribution in [0.5, 0.6) is 0 Å². The molecule has 9 atom stereocenters. The Balaban J connectivity index is 0.000000143. The first-order valence-electron chi connectivity index (χ1n) is 32.3. The Hall–Kier alpha value is -5.98. The maximum absolute atomic E-state index is 14.0. The predicted octanol–water partition coefficient (Wildman–Crippen LogP) is 6.19. The van der Waals surface area contributed by atoms with Crippen LogP contribution in [0.1, 0.15) is 127 Å². The minimum Gasteiger partial charge on any atom is -0.398 e. The highest BCUT2D eigenvalue weighted by Gasteiger charge is 2.42. The molecule has 4 aromatic carbocycles. The molecule has 26 heteroatoms. The normalized spacial score (nSPS) is 24.8. The first-order valence-corrected chi connectivity index (χ1v) is 36.3. The molecule has 6 fully saturated rings. The number of nitrogens with zero attached hydrogens (tertiary/aromatic N) is 6. The molecule has 0 aromatic heterocycles. The summed E-state index contributed by atoms with van der Waals surface area (Å²) in [6, 6.07) is 22.3. The van der Waals surface area contributed by atoms with Gasteiger partial charge < -0.3 is 55.4 Å². The summed E-state index contributed by atoms with van der Waals surface area (Å²) in [4.78, 5) is 29.8. The molecule has 0 radical (unpaired) electrons. The molecule has 3 unspecified atom stereocenters. The fourth-order valence-electron chi connectivity index (χ4n) is 14.1. The van der Waals surface area contributed by atoms with Gasteiger partial charge in [-0.05, 0) is 119 Å². The van der Waals surface area contributed by atoms with Crippen molar-refractivity contribution in [2.45, 2.75) is 144 Å². The summed E-state index contributed by atoms with van der Waals surface area (Å²) in [7, 11) is -7.84. The molecule has 10 aliphatic heterocycles. The SMILES string of the molecule is C1O[C@H]2CN[C@@H]1C2.CC1CNC(=O)c2cccc(S(=O)(=O)N3CCc4c(N)cc(C#N)cc43)c21.CC1CNC(=O)c2cccc(S(=O)(=O)N3CCc4c(NCCN5C[C@H]6C[C@@H]5CO6)cc(C#N)cc43)c21.CCOC(C)CN1C[C@H]2C[C@@H]1CO2.CCOC(CBr)OCC. The Morgan fingerprint density at radius 3 is 1.66 bits per heavy atom. The molecule has 498 valence electrons. The second-order valence-corrected chi connectivity index (χ2v) is 29.1. The molecular formula is C66H88BrN11O12S2. The number of hydrogen-bond donors (Lipinski definition) is 5. The van der Waals surface area contributed by atoms with Crippen LogP contribution < -0.4 is 35.6 Å². The number of hydrogen-bond acceptors (Lipinski definition) is 19. The number of carbonyl (C=O) groups is 2. The van der Waals surface area contributed by atoms with E-state index in [0.717, 1.165) is 87.7 Å². The second-order valence-electron chi connectivity index (χ2n) is 24.7. The number of rotatable bonds is 17. The molecule has 14 rings (SSSR count). The zero-order chi connectivity index (χ0) is 65.4. The molecular weight excluding hydrogens is 1280 g/mol. The lowest BCUT2D eigenvalue weighted by atomic mass is 9.92. The summed E-state index contributed by atoms with van der Waals surface area (Å²) < 4.78 is 90.0. The van der Waals surface area contributed by atoms with Crippen LogP contribution >= 0.6 is 15.9 Å². The number of benzene rings is 4. The van der Waals surface area contributed by atoms with E-state index in [-0.39, 0.29) is 46.3 Å². The molecule has 10 aliphatic rings. The van der Waals surface area contributed by atoms with Gasteiger partial charge in [0.1, 0.15) is 0 Å². The molecule has 6 bridgehead atoms. The molecule has 0 spiro atoms. The molecule has 2 amide bonds. The summed E-state index contributed by atoms with van der Waals surface area (Å²) in [6.07, 6.45) is 6.33. The Labute approximate surface area is 550 Å². The van der Waals surface area contributed by atoms with Crippen LogP contribution in [0.3, 0.4) is 0 Å². The average molecular weight is 1370 g/mol. The van der Waals surface area contributed by atoms with Crippen LogP contribution in [0.25, 0.3) is 0 Å². The molecule has 23 nitrogen and oxygen atoms in total. The van der Waals surface area contributed by atoms with E-state index in [9.17, 15) is 36.9 Å².